The molecule has 0 saturated carbocycles. The Labute approximate surface area is 224 Å². The molecule has 0 unspecified atom stereocenters. The number of benzene rings is 2. The smallest absolute Gasteiger partial charge is 0.260 e. The van der Waals surface area contributed by atoms with Gasteiger partial charge < -0.3 is 23.9 Å². The van der Waals surface area contributed by atoms with Crippen LogP contribution < -0.4 is 19.8 Å². The van der Waals surface area contributed by atoms with Crippen molar-refractivity contribution in [3.05, 3.63) is 68.3 Å². The van der Waals surface area contributed by atoms with Gasteiger partial charge in [0, 0.05) is 10.4 Å². The lowest BCUT2D eigenvalue weighted by atomic mass is 9.97. The van der Waals surface area contributed by atoms with Gasteiger partial charge >= 0.3 is 0 Å². The summed E-state index contributed by atoms with van der Waals surface area (Å²) in [6.45, 7) is 3.89. The molecular weight excluding hydrogens is 512 g/mol. The normalized spacial score (nSPS) is 12.9. The number of rotatable bonds is 11. The van der Waals surface area contributed by atoms with Gasteiger partial charge in [-0.05, 0) is 62.4 Å². The molecule has 194 valence electrons. The number of fused-ring (bicyclic) bond motifs is 3. The molecule has 0 bridgehead atoms. The largest absolute Gasteiger partial charge is 0.491 e. The Morgan fingerprint density at radius 1 is 1.00 bits per heavy atom. The van der Waals surface area contributed by atoms with Crippen LogP contribution in [0.1, 0.15) is 30.2 Å². The van der Waals surface area contributed by atoms with Gasteiger partial charge in [-0.2, -0.15) is 0 Å². The average molecular weight is 541 g/mol. The predicted molar refractivity (Wildman–Crippen MR) is 147 cm³/mol. The van der Waals surface area contributed by atoms with Crippen molar-refractivity contribution >= 4 is 33.2 Å². The van der Waals surface area contributed by atoms with Gasteiger partial charge in [-0.1, -0.05) is 29.8 Å². The Balaban J connectivity index is 1.26. The Morgan fingerprint density at radius 2 is 1.78 bits per heavy atom. The minimum Gasteiger partial charge on any atom is -0.491 e. The summed E-state index contributed by atoms with van der Waals surface area (Å²) in [5.41, 5.74) is 1.72. The van der Waals surface area contributed by atoms with E-state index in [0.29, 0.717) is 60.9 Å². The van der Waals surface area contributed by atoms with Gasteiger partial charge in [0.25, 0.3) is 5.56 Å². The van der Waals surface area contributed by atoms with Crippen molar-refractivity contribution in [2.45, 2.75) is 32.6 Å². The first-order chi connectivity index (χ1) is 18.1. The van der Waals surface area contributed by atoms with E-state index in [-0.39, 0.29) is 5.56 Å². The molecule has 4 aromatic rings. The lowest BCUT2D eigenvalue weighted by Gasteiger charge is -2.15. The summed E-state index contributed by atoms with van der Waals surface area (Å²) < 4.78 is 23.0. The Hall–Kier alpha value is -3.07. The number of para-hydroxylation sites is 1. The van der Waals surface area contributed by atoms with Crippen LogP contribution in [0, 0.1) is 0 Å². The molecule has 2 heterocycles. The Bertz CT molecular complexity index is 1420. The van der Waals surface area contributed by atoms with Crippen LogP contribution in [0.2, 0.25) is 5.02 Å². The van der Waals surface area contributed by atoms with Crippen molar-refractivity contribution in [2.75, 3.05) is 33.0 Å². The van der Waals surface area contributed by atoms with E-state index in [9.17, 15) is 4.79 Å². The summed E-state index contributed by atoms with van der Waals surface area (Å²) in [6.07, 6.45) is 4.23. The average Bonchev–Trinajstić information content (AvgIpc) is 3.29. The second-order valence-electron chi connectivity index (χ2n) is 8.65. The van der Waals surface area contributed by atoms with E-state index in [1.54, 1.807) is 23.5 Å². The SMILES string of the molecule is CCOc1cc(-c2nc3sc4c(c3c(=O)[nH]2)CCCC4)cc(Cl)c1OCCOCCOc1ccccc1. The van der Waals surface area contributed by atoms with Crippen molar-refractivity contribution in [3.8, 4) is 28.6 Å². The van der Waals surface area contributed by atoms with Crippen molar-refractivity contribution in [1.82, 2.24) is 9.97 Å². The first-order valence-corrected chi connectivity index (χ1v) is 13.7. The van der Waals surface area contributed by atoms with Crippen LogP contribution in [0.25, 0.3) is 21.6 Å². The fourth-order valence-corrected chi connectivity index (χ4v) is 5.98. The number of nitrogens with one attached hydrogen (secondary N) is 1. The molecule has 37 heavy (non-hydrogen) atoms. The highest BCUT2D eigenvalue weighted by Crippen LogP contribution is 2.40. The summed E-state index contributed by atoms with van der Waals surface area (Å²) in [6, 6.07) is 13.1. The minimum absolute atomic E-state index is 0.109. The molecule has 1 aliphatic carbocycles. The summed E-state index contributed by atoms with van der Waals surface area (Å²) >= 11 is 8.23. The summed E-state index contributed by atoms with van der Waals surface area (Å²) in [4.78, 5) is 22.8. The van der Waals surface area contributed by atoms with Gasteiger partial charge in [0.05, 0.1) is 30.2 Å². The van der Waals surface area contributed by atoms with Crippen LogP contribution in [0.15, 0.2) is 47.3 Å². The number of halogens is 1. The molecule has 1 aliphatic rings. The van der Waals surface area contributed by atoms with Crippen molar-refractivity contribution in [3.63, 3.8) is 0 Å². The van der Waals surface area contributed by atoms with Gasteiger partial charge in [0.15, 0.2) is 11.5 Å². The number of aryl methyl sites for hydroxylation is 2. The molecule has 2 aromatic carbocycles. The highest BCUT2D eigenvalue weighted by molar-refractivity contribution is 7.18. The van der Waals surface area contributed by atoms with Crippen molar-refractivity contribution in [2.24, 2.45) is 0 Å². The molecule has 2 aromatic heterocycles. The number of hydrogen-bond acceptors (Lipinski definition) is 7. The van der Waals surface area contributed by atoms with E-state index in [0.717, 1.165) is 47.2 Å². The van der Waals surface area contributed by atoms with Gasteiger partial charge in [0.2, 0.25) is 0 Å². The molecule has 0 atom stereocenters. The van der Waals surface area contributed by atoms with Crippen LogP contribution in [0.5, 0.6) is 17.2 Å². The number of H-pyrrole nitrogens is 1. The van der Waals surface area contributed by atoms with Gasteiger partial charge in [-0.25, -0.2) is 4.98 Å². The third-order valence-corrected chi connectivity index (χ3v) is 7.59. The number of aromatic amines is 1. The number of aromatic nitrogens is 2. The summed E-state index contributed by atoms with van der Waals surface area (Å²) in [7, 11) is 0. The maximum atomic E-state index is 13.0. The monoisotopic (exact) mass is 540 g/mol. The van der Waals surface area contributed by atoms with Crippen LogP contribution in [-0.4, -0.2) is 43.0 Å². The lowest BCUT2D eigenvalue weighted by molar-refractivity contribution is 0.0756. The number of ether oxygens (including phenoxy) is 4. The second-order valence-corrected chi connectivity index (χ2v) is 10.1. The molecule has 0 saturated heterocycles. The molecule has 5 rings (SSSR count). The zero-order chi connectivity index (χ0) is 25.6. The molecule has 7 nitrogen and oxygen atoms in total. The Morgan fingerprint density at radius 3 is 2.59 bits per heavy atom. The molecule has 1 N–H and O–H groups in total. The van der Waals surface area contributed by atoms with E-state index >= 15 is 0 Å². The molecule has 0 spiro atoms. The number of thiophene rings is 1. The maximum absolute atomic E-state index is 13.0. The number of nitrogens with zero attached hydrogens (tertiary/aromatic N) is 1. The zero-order valence-electron chi connectivity index (χ0n) is 20.7. The minimum atomic E-state index is -0.109. The van der Waals surface area contributed by atoms with E-state index in [4.69, 9.17) is 35.5 Å². The summed E-state index contributed by atoms with van der Waals surface area (Å²) in [5.74, 6) is 2.20. The van der Waals surface area contributed by atoms with E-state index < -0.39 is 0 Å². The fourth-order valence-electron chi connectivity index (χ4n) is 4.45. The van der Waals surface area contributed by atoms with Crippen molar-refractivity contribution < 1.29 is 18.9 Å². The molecule has 0 amide bonds. The van der Waals surface area contributed by atoms with Crippen LogP contribution in [0.4, 0.5) is 0 Å². The first-order valence-electron chi connectivity index (χ1n) is 12.5. The highest BCUT2D eigenvalue weighted by atomic mass is 35.5. The Kier molecular flexibility index (Phi) is 8.28. The predicted octanol–water partition coefficient (Wildman–Crippen LogP) is 6.06. The molecule has 0 aliphatic heterocycles. The number of hydrogen-bond donors (Lipinski definition) is 1. The molecular formula is C28H29ClN2O5S. The topological polar surface area (TPSA) is 82.7 Å². The highest BCUT2D eigenvalue weighted by Gasteiger charge is 2.21. The van der Waals surface area contributed by atoms with Crippen molar-refractivity contribution in [1.29, 1.82) is 0 Å². The van der Waals surface area contributed by atoms with E-state index in [1.165, 1.54) is 4.88 Å². The van der Waals surface area contributed by atoms with Gasteiger partial charge in [0.1, 0.15) is 29.6 Å². The quantitative estimate of drug-likeness (QED) is 0.233. The molecule has 0 radical (unpaired) electrons. The van der Waals surface area contributed by atoms with Crippen LogP contribution in [0.3, 0.4) is 0 Å². The molecule has 0 fully saturated rings. The third kappa shape index (κ3) is 5.92. The van der Waals surface area contributed by atoms with Gasteiger partial charge in [-0.15, -0.1) is 11.3 Å². The maximum Gasteiger partial charge on any atom is 0.260 e. The zero-order valence-corrected chi connectivity index (χ0v) is 22.3. The van der Waals surface area contributed by atoms with Gasteiger partial charge in [-0.3, -0.25) is 4.79 Å². The molecule has 9 heteroatoms. The first kappa shape index (κ1) is 25.6. The third-order valence-electron chi connectivity index (χ3n) is 6.12. The summed E-state index contributed by atoms with van der Waals surface area (Å²) in [5, 5.41) is 1.11. The van der Waals surface area contributed by atoms with E-state index in [2.05, 4.69) is 4.98 Å². The van der Waals surface area contributed by atoms with E-state index in [1.807, 2.05) is 37.3 Å². The second kappa shape index (κ2) is 12.0. The fraction of sp³-hybridized carbons (Fsp3) is 0.357. The lowest BCUT2D eigenvalue weighted by Crippen LogP contribution is -2.13. The standard InChI is InChI=1S/C28H29ClN2O5S/c1-2-34-22-17-18(26-30-27(32)24-20-10-6-7-11-23(20)37-28(24)31-26)16-21(29)25(22)36-15-13-33-12-14-35-19-8-4-3-5-9-19/h3-5,8-9,16-17H,2,6-7,10-15H2,1H3,(H,30,31,32). The van der Waals surface area contributed by atoms with Crippen LogP contribution >= 0.6 is 22.9 Å². The van der Waals surface area contributed by atoms with Crippen LogP contribution in [-0.2, 0) is 17.6 Å².